The van der Waals surface area contributed by atoms with Gasteiger partial charge >= 0.3 is 0 Å². The van der Waals surface area contributed by atoms with Gasteiger partial charge in [0.2, 0.25) is 0 Å². The van der Waals surface area contributed by atoms with Gasteiger partial charge in [0.15, 0.2) is 0 Å². The van der Waals surface area contributed by atoms with Gasteiger partial charge < -0.3 is 5.73 Å². The Balaban J connectivity index is 2.44. The Hall–Kier alpha value is -1.24. The molecule has 7 heteroatoms. The fourth-order valence-electron chi connectivity index (χ4n) is 1.78. The van der Waals surface area contributed by atoms with Gasteiger partial charge in [-0.05, 0) is 42.8 Å². The number of rotatable bonds is 5. The highest BCUT2D eigenvalue weighted by atomic mass is 35.5. The molecule has 0 atom stereocenters. The fraction of sp³-hybridized carbons (Fsp3) is 0.231. The maximum atomic E-state index is 12.7. The Kier molecular flexibility index (Phi) is 4.57. The van der Waals surface area contributed by atoms with Gasteiger partial charge in [0.05, 0.1) is 10.0 Å². The third-order valence-corrected chi connectivity index (χ3v) is 6.23. The van der Waals surface area contributed by atoms with Crippen LogP contribution >= 0.6 is 22.9 Å². The zero-order chi connectivity index (χ0) is 14.8. The topological polar surface area (TPSA) is 63.4 Å². The van der Waals surface area contributed by atoms with E-state index in [9.17, 15) is 8.42 Å². The molecule has 0 spiro atoms. The average Bonchev–Trinajstić information content (AvgIpc) is 2.84. The molecule has 0 bridgehead atoms. The molecule has 0 aliphatic rings. The normalized spacial score (nSPS) is 11.5. The van der Waals surface area contributed by atoms with E-state index in [1.165, 1.54) is 10.4 Å². The SMILES string of the molecule is CCCN(c1ccc(N)cc1)S(=O)(=O)c1ccc(Cl)s1. The van der Waals surface area contributed by atoms with E-state index in [2.05, 4.69) is 0 Å². The van der Waals surface area contributed by atoms with Crippen molar-refractivity contribution in [2.45, 2.75) is 17.6 Å². The fourth-order valence-corrected chi connectivity index (χ4v) is 4.93. The summed E-state index contributed by atoms with van der Waals surface area (Å²) in [6, 6.07) is 9.91. The summed E-state index contributed by atoms with van der Waals surface area (Å²) in [4.78, 5) is 0. The van der Waals surface area contributed by atoms with Crippen molar-refractivity contribution in [2.24, 2.45) is 0 Å². The van der Waals surface area contributed by atoms with Crippen LogP contribution in [0.25, 0.3) is 0 Å². The quantitative estimate of drug-likeness (QED) is 0.852. The molecule has 0 unspecified atom stereocenters. The number of benzene rings is 1. The van der Waals surface area contributed by atoms with Crippen molar-refractivity contribution < 1.29 is 8.42 Å². The van der Waals surface area contributed by atoms with Crippen LogP contribution in [-0.4, -0.2) is 15.0 Å². The van der Waals surface area contributed by atoms with Crippen molar-refractivity contribution in [1.82, 2.24) is 0 Å². The largest absolute Gasteiger partial charge is 0.399 e. The molecule has 2 rings (SSSR count). The lowest BCUT2D eigenvalue weighted by Crippen LogP contribution is -2.31. The van der Waals surface area contributed by atoms with Crippen LogP contribution in [0.2, 0.25) is 4.34 Å². The molecule has 0 fully saturated rings. The molecular formula is C13H15ClN2O2S2. The molecule has 4 nitrogen and oxygen atoms in total. The maximum absolute atomic E-state index is 12.7. The zero-order valence-electron chi connectivity index (χ0n) is 10.9. The average molecular weight is 331 g/mol. The first-order valence-corrected chi connectivity index (χ1v) is 8.72. The van der Waals surface area contributed by atoms with Crippen LogP contribution in [0.1, 0.15) is 13.3 Å². The van der Waals surface area contributed by atoms with Gasteiger partial charge in [0, 0.05) is 12.2 Å². The Labute approximate surface area is 127 Å². The van der Waals surface area contributed by atoms with E-state index in [0.717, 1.165) is 11.3 Å². The second-order valence-corrected chi connectivity index (χ2v) is 8.03. The van der Waals surface area contributed by atoms with Crippen molar-refractivity contribution in [1.29, 1.82) is 0 Å². The van der Waals surface area contributed by atoms with Crippen LogP contribution in [0.3, 0.4) is 0 Å². The highest BCUT2D eigenvalue weighted by Crippen LogP contribution is 2.31. The standard InChI is InChI=1S/C13H15ClN2O2S2/c1-2-9-16(11-5-3-10(15)4-6-11)20(17,18)13-8-7-12(14)19-13/h3-8H,2,9,15H2,1H3. The molecule has 108 valence electrons. The first-order chi connectivity index (χ1) is 9.45. The van der Waals surface area contributed by atoms with Crippen molar-refractivity contribution >= 4 is 44.3 Å². The summed E-state index contributed by atoms with van der Waals surface area (Å²) in [5.41, 5.74) is 6.84. The van der Waals surface area contributed by atoms with E-state index in [0.29, 0.717) is 28.7 Å². The van der Waals surface area contributed by atoms with E-state index in [4.69, 9.17) is 17.3 Å². The summed E-state index contributed by atoms with van der Waals surface area (Å²) >= 11 is 6.89. The van der Waals surface area contributed by atoms with E-state index in [1.807, 2.05) is 6.92 Å². The lowest BCUT2D eigenvalue weighted by molar-refractivity contribution is 0.592. The molecule has 0 aliphatic heterocycles. The second-order valence-electron chi connectivity index (χ2n) is 4.23. The molecule has 0 amide bonds. The van der Waals surface area contributed by atoms with E-state index >= 15 is 0 Å². The summed E-state index contributed by atoms with van der Waals surface area (Å²) < 4.78 is 27.4. The zero-order valence-corrected chi connectivity index (χ0v) is 13.3. The predicted octanol–water partition coefficient (Wildman–Crippen LogP) is 3.59. The number of sulfonamides is 1. The highest BCUT2D eigenvalue weighted by Gasteiger charge is 2.25. The van der Waals surface area contributed by atoms with E-state index < -0.39 is 10.0 Å². The molecule has 0 aliphatic carbocycles. The number of nitrogens with two attached hydrogens (primary N) is 1. The number of nitrogens with zero attached hydrogens (tertiary/aromatic N) is 1. The third-order valence-electron chi connectivity index (χ3n) is 2.70. The number of halogens is 1. The number of anilines is 2. The summed E-state index contributed by atoms with van der Waals surface area (Å²) in [7, 11) is -3.58. The molecular weight excluding hydrogens is 316 g/mol. The first-order valence-electron chi connectivity index (χ1n) is 6.08. The Morgan fingerprint density at radius 2 is 1.85 bits per heavy atom. The van der Waals surface area contributed by atoms with E-state index in [-0.39, 0.29) is 4.21 Å². The van der Waals surface area contributed by atoms with Gasteiger partial charge in [0.25, 0.3) is 10.0 Å². The molecule has 1 aromatic carbocycles. The molecule has 0 radical (unpaired) electrons. The number of thiophene rings is 1. The Morgan fingerprint density at radius 1 is 1.20 bits per heavy atom. The summed E-state index contributed by atoms with van der Waals surface area (Å²) in [6.45, 7) is 2.34. The molecule has 2 N–H and O–H groups in total. The van der Waals surface area contributed by atoms with Crippen LogP contribution < -0.4 is 10.0 Å². The Morgan fingerprint density at radius 3 is 2.35 bits per heavy atom. The number of hydrogen-bond donors (Lipinski definition) is 1. The Bertz CT molecular complexity index is 681. The van der Waals surface area contributed by atoms with Gasteiger partial charge in [-0.15, -0.1) is 11.3 Å². The minimum absolute atomic E-state index is 0.243. The summed E-state index contributed by atoms with van der Waals surface area (Å²) in [5, 5.41) is 0. The van der Waals surface area contributed by atoms with Crippen LogP contribution in [0, 0.1) is 0 Å². The molecule has 1 heterocycles. The van der Waals surface area contributed by atoms with Crippen molar-refractivity contribution in [3.8, 4) is 0 Å². The minimum Gasteiger partial charge on any atom is -0.399 e. The van der Waals surface area contributed by atoms with Crippen molar-refractivity contribution in [3.63, 3.8) is 0 Å². The van der Waals surface area contributed by atoms with Gasteiger partial charge in [-0.25, -0.2) is 8.42 Å². The summed E-state index contributed by atoms with van der Waals surface area (Å²) in [6.07, 6.45) is 0.711. The van der Waals surface area contributed by atoms with Gasteiger partial charge in [0.1, 0.15) is 4.21 Å². The predicted molar refractivity (Wildman–Crippen MR) is 85.0 cm³/mol. The van der Waals surface area contributed by atoms with Gasteiger partial charge in [-0.3, -0.25) is 4.31 Å². The third kappa shape index (κ3) is 3.08. The number of hydrogen-bond acceptors (Lipinski definition) is 4. The van der Waals surface area contributed by atoms with Crippen LogP contribution in [0.5, 0.6) is 0 Å². The van der Waals surface area contributed by atoms with Gasteiger partial charge in [-0.2, -0.15) is 0 Å². The highest BCUT2D eigenvalue weighted by molar-refractivity contribution is 7.94. The van der Waals surface area contributed by atoms with Gasteiger partial charge in [-0.1, -0.05) is 18.5 Å². The lowest BCUT2D eigenvalue weighted by atomic mass is 10.3. The van der Waals surface area contributed by atoms with Crippen LogP contribution in [-0.2, 0) is 10.0 Å². The molecule has 0 saturated carbocycles. The molecule has 20 heavy (non-hydrogen) atoms. The lowest BCUT2D eigenvalue weighted by Gasteiger charge is -2.23. The smallest absolute Gasteiger partial charge is 0.273 e. The van der Waals surface area contributed by atoms with Crippen molar-refractivity contribution in [2.75, 3.05) is 16.6 Å². The number of nitrogen functional groups attached to an aromatic ring is 1. The van der Waals surface area contributed by atoms with E-state index in [1.54, 1.807) is 30.3 Å². The molecule has 2 aromatic rings. The molecule has 1 aromatic heterocycles. The summed E-state index contributed by atoms with van der Waals surface area (Å²) in [5.74, 6) is 0. The minimum atomic E-state index is -3.58. The van der Waals surface area contributed by atoms with Crippen LogP contribution in [0.15, 0.2) is 40.6 Å². The molecule has 0 saturated heterocycles. The first kappa shape index (κ1) is 15.2. The monoisotopic (exact) mass is 330 g/mol. The second kappa shape index (κ2) is 6.03. The van der Waals surface area contributed by atoms with Crippen molar-refractivity contribution in [3.05, 3.63) is 40.7 Å². The maximum Gasteiger partial charge on any atom is 0.273 e. The van der Waals surface area contributed by atoms with Crippen LogP contribution in [0.4, 0.5) is 11.4 Å².